The molecule has 2 aliphatic rings. The Morgan fingerprint density at radius 3 is 3.06 bits per heavy atom. The molecular formula is C13H26N2O2. The number of hydrogen-bond donors (Lipinski definition) is 1. The van der Waals surface area contributed by atoms with Crippen LogP contribution < -0.4 is 5.73 Å². The molecule has 2 aliphatic heterocycles. The average Bonchev–Trinajstić information content (AvgIpc) is 2.79. The summed E-state index contributed by atoms with van der Waals surface area (Å²) < 4.78 is 10.8. The van der Waals surface area contributed by atoms with Gasteiger partial charge in [0.2, 0.25) is 0 Å². The van der Waals surface area contributed by atoms with Crippen LogP contribution in [0.15, 0.2) is 0 Å². The summed E-state index contributed by atoms with van der Waals surface area (Å²) in [6, 6.07) is 0. The van der Waals surface area contributed by atoms with Crippen LogP contribution in [0.3, 0.4) is 0 Å². The molecule has 2 heterocycles. The third kappa shape index (κ3) is 3.41. The van der Waals surface area contributed by atoms with Crippen LogP contribution in [0.2, 0.25) is 0 Å². The van der Waals surface area contributed by atoms with Crippen LogP contribution in [0.25, 0.3) is 0 Å². The van der Waals surface area contributed by atoms with Crippen molar-refractivity contribution in [1.82, 2.24) is 4.90 Å². The molecule has 17 heavy (non-hydrogen) atoms. The maximum atomic E-state index is 5.95. The molecule has 0 aromatic heterocycles. The van der Waals surface area contributed by atoms with Crippen molar-refractivity contribution in [3.63, 3.8) is 0 Å². The van der Waals surface area contributed by atoms with E-state index in [2.05, 4.69) is 4.90 Å². The van der Waals surface area contributed by atoms with E-state index in [-0.39, 0.29) is 5.41 Å². The third-order valence-electron chi connectivity index (χ3n) is 4.18. The first-order valence-corrected chi connectivity index (χ1v) is 6.77. The Hall–Kier alpha value is -0.160. The van der Waals surface area contributed by atoms with Gasteiger partial charge in [0.15, 0.2) is 0 Å². The van der Waals surface area contributed by atoms with E-state index >= 15 is 0 Å². The highest BCUT2D eigenvalue weighted by atomic mass is 16.5. The third-order valence-corrected chi connectivity index (χ3v) is 4.18. The topological polar surface area (TPSA) is 47.7 Å². The quantitative estimate of drug-likeness (QED) is 0.771. The van der Waals surface area contributed by atoms with Gasteiger partial charge in [-0.15, -0.1) is 0 Å². The summed E-state index contributed by atoms with van der Waals surface area (Å²) in [5.41, 5.74) is 6.17. The number of ether oxygens (including phenoxy) is 2. The van der Waals surface area contributed by atoms with Gasteiger partial charge in [-0.05, 0) is 31.7 Å². The molecular weight excluding hydrogens is 216 g/mol. The molecule has 0 amide bonds. The molecule has 0 aliphatic carbocycles. The van der Waals surface area contributed by atoms with Gasteiger partial charge >= 0.3 is 0 Å². The Morgan fingerprint density at radius 1 is 1.53 bits per heavy atom. The highest BCUT2D eigenvalue weighted by molar-refractivity contribution is 4.88. The summed E-state index contributed by atoms with van der Waals surface area (Å²) in [5.74, 6) is 0.700. The highest BCUT2D eigenvalue weighted by Gasteiger charge is 2.36. The number of hydrogen-bond acceptors (Lipinski definition) is 4. The van der Waals surface area contributed by atoms with E-state index in [9.17, 15) is 0 Å². The molecule has 0 bridgehead atoms. The fraction of sp³-hybridized carbons (Fsp3) is 1.00. The van der Waals surface area contributed by atoms with Crippen molar-refractivity contribution in [3.05, 3.63) is 0 Å². The Bertz CT molecular complexity index is 227. The maximum absolute atomic E-state index is 5.95. The molecule has 2 atom stereocenters. The second kappa shape index (κ2) is 6.14. The molecule has 2 N–H and O–H groups in total. The van der Waals surface area contributed by atoms with Crippen LogP contribution in [0.5, 0.6) is 0 Å². The van der Waals surface area contributed by atoms with E-state index in [1.165, 1.54) is 19.4 Å². The predicted molar refractivity (Wildman–Crippen MR) is 68.0 cm³/mol. The number of nitrogens with zero attached hydrogens (tertiary/aromatic N) is 1. The number of methoxy groups -OCH3 is 1. The molecule has 2 unspecified atom stereocenters. The lowest BCUT2D eigenvalue weighted by Gasteiger charge is -2.38. The monoisotopic (exact) mass is 242 g/mol. The van der Waals surface area contributed by atoms with Crippen molar-refractivity contribution in [1.29, 1.82) is 0 Å². The van der Waals surface area contributed by atoms with Gasteiger partial charge in [-0.1, -0.05) is 0 Å². The number of nitrogens with two attached hydrogens (primary N) is 1. The Balaban J connectivity index is 1.85. The molecule has 0 aromatic carbocycles. The van der Waals surface area contributed by atoms with E-state index in [4.69, 9.17) is 15.2 Å². The summed E-state index contributed by atoms with van der Waals surface area (Å²) in [6.45, 7) is 6.84. The summed E-state index contributed by atoms with van der Waals surface area (Å²) in [5, 5.41) is 0. The minimum Gasteiger partial charge on any atom is -0.384 e. The van der Waals surface area contributed by atoms with Gasteiger partial charge in [-0.25, -0.2) is 0 Å². The summed E-state index contributed by atoms with van der Waals surface area (Å²) in [7, 11) is 1.80. The smallest absolute Gasteiger partial charge is 0.0547 e. The van der Waals surface area contributed by atoms with Crippen molar-refractivity contribution < 1.29 is 9.47 Å². The minimum atomic E-state index is 0.217. The van der Waals surface area contributed by atoms with Crippen LogP contribution in [0, 0.1) is 11.3 Å². The lowest BCUT2D eigenvalue weighted by molar-refractivity contribution is 0.0581. The molecule has 100 valence electrons. The Kier molecular flexibility index (Phi) is 4.79. The molecule has 4 nitrogen and oxygen atoms in total. The standard InChI is InChI=1S/C13H26N2O2/c1-16-8-12-3-2-5-15(7-12)10-13(9-14)4-6-17-11-13/h12H,2-11,14H2,1H3. The number of piperidine rings is 1. The first-order chi connectivity index (χ1) is 8.28. The van der Waals surface area contributed by atoms with Crippen molar-refractivity contribution in [2.75, 3.05) is 53.1 Å². The molecule has 0 saturated carbocycles. The van der Waals surface area contributed by atoms with Crippen LogP contribution >= 0.6 is 0 Å². The predicted octanol–water partition coefficient (Wildman–Crippen LogP) is 0.710. The van der Waals surface area contributed by atoms with Crippen molar-refractivity contribution in [2.24, 2.45) is 17.1 Å². The summed E-state index contributed by atoms with van der Waals surface area (Å²) in [6.07, 6.45) is 3.71. The number of likely N-dealkylation sites (tertiary alicyclic amines) is 1. The van der Waals surface area contributed by atoms with Gasteiger partial charge < -0.3 is 20.1 Å². The Morgan fingerprint density at radius 2 is 2.41 bits per heavy atom. The van der Waals surface area contributed by atoms with Crippen molar-refractivity contribution in [2.45, 2.75) is 19.3 Å². The normalized spacial score (nSPS) is 35.3. The second-order valence-electron chi connectivity index (χ2n) is 5.71. The first kappa shape index (κ1) is 13.3. The molecule has 0 spiro atoms. The summed E-state index contributed by atoms with van der Waals surface area (Å²) in [4.78, 5) is 2.56. The van der Waals surface area contributed by atoms with E-state index < -0.39 is 0 Å². The van der Waals surface area contributed by atoms with Gasteiger partial charge in [-0.3, -0.25) is 0 Å². The molecule has 0 radical (unpaired) electrons. The van der Waals surface area contributed by atoms with Gasteiger partial charge in [0.1, 0.15) is 0 Å². The first-order valence-electron chi connectivity index (χ1n) is 6.77. The van der Waals surface area contributed by atoms with E-state index in [1.54, 1.807) is 7.11 Å². The molecule has 2 saturated heterocycles. The lowest BCUT2D eigenvalue weighted by atomic mass is 9.85. The van der Waals surface area contributed by atoms with E-state index in [0.29, 0.717) is 5.92 Å². The molecule has 0 aromatic rings. The van der Waals surface area contributed by atoms with Gasteiger partial charge in [0.05, 0.1) is 13.2 Å². The molecule has 2 fully saturated rings. The van der Waals surface area contributed by atoms with Crippen molar-refractivity contribution in [3.8, 4) is 0 Å². The second-order valence-corrected chi connectivity index (χ2v) is 5.71. The van der Waals surface area contributed by atoms with Gasteiger partial charge in [-0.2, -0.15) is 0 Å². The SMILES string of the molecule is COCC1CCCN(CC2(CN)CCOC2)C1. The van der Waals surface area contributed by atoms with E-state index in [1.807, 2.05) is 0 Å². The summed E-state index contributed by atoms with van der Waals surface area (Å²) >= 11 is 0. The van der Waals surface area contributed by atoms with Crippen LogP contribution in [0.1, 0.15) is 19.3 Å². The average molecular weight is 242 g/mol. The Labute approximate surface area is 104 Å². The molecule has 4 heteroatoms. The zero-order chi connectivity index (χ0) is 12.1. The zero-order valence-corrected chi connectivity index (χ0v) is 11.0. The fourth-order valence-corrected chi connectivity index (χ4v) is 3.14. The van der Waals surface area contributed by atoms with Crippen LogP contribution in [-0.2, 0) is 9.47 Å². The van der Waals surface area contributed by atoms with Crippen molar-refractivity contribution >= 4 is 0 Å². The van der Waals surface area contributed by atoms with Crippen LogP contribution in [0.4, 0.5) is 0 Å². The van der Waals surface area contributed by atoms with E-state index in [0.717, 1.165) is 45.9 Å². The molecule has 2 rings (SSSR count). The largest absolute Gasteiger partial charge is 0.384 e. The van der Waals surface area contributed by atoms with Gasteiger partial charge in [0.25, 0.3) is 0 Å². The van der Waals surface area contributed by atoms with Crippen LogP contribution in [-0.4, -0.2) is 58.0 Å². The minimum absolute atomic E-state index is 0.217. The van der Waals surface area contributed by atoms with Gasteiger partial charge in [0, 0.05) is 38.8 Å². The highest BCUT2D eigenvalue weighted by Crippen LogP contribution is 2.30. The number of rotatable bonds is 5. The fourth-order valence-electron chi connectivity index (χ4n) is 3.14. The maximum Gasteiger partial charge on any atom is 0.0547 e. The zero-order valence-electron chi connectivity index (χ0n) is 11.0. The lowest BCUT2D eigenvalue weighted by Crippen LogP contribution is -2.47.